The fourth-order valence-corrected chi connectivity index (χ4v) is 12.7. The topological polar surface area (TPSA) is 42.1 Å². The van der Waals surface area contributed by atoms with Crippen LogP contribution in [0, 0.1) is 0 Å². The van der Waals surface area contributed by atoms with Gasteiger partial charge in [-0.15, -0.1) is 0 Å². The first-order chi connectivity index (χ1) is 41.7. The van der Waals surface area contributed by atoms with Gasteiger partial charge < -0.3 is 18.9 Å². The molecule has 0 aliphatic carbocycles. The summed E-state index contributed by atoms with van der Waals surface area (Å²) in [7, 11) is 0. The molecule has 394 valence electrons. The number of nitrogens with zero attached hydrogens (tertiary/aromatic N) is 6. The van der Waals surface area contributed by atoms with Crippen LogP contribution in [0.25, 0.3) is 110 Å². The first-order valence-corrected chi connectivity index (χ1v) is 28.6. The number of fused-ring (bicyclic) bond motifs is 8. The van der Waals surface area contributed by atoms with Crippen molar-refractivity contribution in [2.75, 3.05) is 9.80 Å². The number of hydrogen-bond donors (Lipinski definition) is 0. The normalized spacial score (nSPS) is 11.6. The van der Waals surface area contributed by atoms with Gasteiger partial charge in [-0.25, -0.2) is 9.97 Å². The molecular weight excluding hydrogens is 1020 g/mol. The Labute approximate surface area is 486 Å². The maximum absolute atomic E-state index is 5.73. The number of hydrogen-bond acceptors (Lipinski definition) is 4. The van der Waals surface area contributed by atoms with Gasteiger partial charge in [-0.3, -0.25) is 0 Å². The largest absolute Gasteiger partial charge is 0.310 e. The van der Waals surface area contributed by atoms with Crippen LogP contribution in [0.1, 0.15) is 0 Å². The molecule has 0 atom stereocenters. The summed E-state index contributed by atoms with van der Waals surface area (Å²) in [5.41, 5.74) is 20.6. The molecule has 0 N–H and O–H groups in total. The first kappa shape index (κ1) is 48.6. The zero-order chi connectivity index (χ0) is 55.5. The smallest absolute Gasteiger partial charge is 0.0973 e. The zero-order valence-electron chi connectivity index (χ0n) is 45.7. The van der Waals surface area contributed by atoms with Gasteiger partial charge in [0.25, 0.3) is 0 Å². The van der Waals surface area contributed by atoms with Crippen molar-refractivity contribution in [3.05, 3.63) is 315 Å². The molecule has 3 aromatic heterocycles. The molecule has 0 aliphatic rings. The van der Waals surface area contributed by atoms with Gasteiger partial charge in [-0.2, -0.15) is 0 Å². The van der Waals surface area contributed by atoms with E-state index in [1.165, 1.54) is 43.4 Å². The Bertz CT molecular complexity index is 5110. The predicted octanol–water partition coefficient (Wildman–Crippen LogP) is 20.9. The van der Waals surface area contributed by atoms with Crippen molar-refractivity contribution >= 4 is 99.5 Å². The first-order valence-electron chi connectivity index (χ1n) is 28.6. The fourth-order valence-electron chi connectivity index (χ4n) is 12.7. The summed E-state index contributed by atoms with van der Waals surface area (Å²) in [6.07, 6.45) is 0. The Hall–Kier alpha value is -11.3. The summed E-state index contributed by atoms with van der Waals surface area (Å²) >= 11 is 0. The van der Waals surface area contributed by atoms with Crippen LogP contribution < -0.4 is 9.80 Å². The molecule has 0 saturated heterocycles. The highest BCUT2D eigenvalue weighted by Gasteiger charge is 2.23. The third-order valence-corrected chi connectivity index (χ3v) is 16.5. The predicted molar refractivity (Wildman–Crippen MR) is 351 cm³/mol. The zero-order valence-corrected chi connectivity index (χ0v) is 45.7. The van der Waals surface area contributed by atoms with E-state index < -0.39 is 0 Å². The molecule has 16 aromatic rings. The summed E-state index contributed by atoms with van der Waals surface area (Å²) in [6.45, 7) is 0. The van der Waals surface area contributed by atoms with Gasteiger partial charge in [0, 0.05) is 83.7 Å². The van der Waals surface area contributed by atoms with Crippen LogP contribution in [-0.4, -0.2) is 19.1 Å². The molecule has 0 spiro atoms. The van der Waals surface area contributed by atoms with E-state index >= 15 is 0 Å². The van der Waals surface area contributed by atoms with Crippen molar-refractivity contribution in [1.82, 2.24) is 19.1 Å². The van der Waals surface area contributed by atoms with Crippen molar-refractivity contribution in [3.63, 3.8) is 0 Å². The van der Waals surface area contributed by atoms with Gasteiger partial charge in [0.1, 0.15) is 0 Å². The molecule has 16 rings (SSSR count). The molecule has 84 heavy (non-hydrogen) atoms. The minimum Gasteiger partial charge on any atom is -0.310 e. The van der Waals surface area contributed by atoms with Gasteiger partial charge in [0.15, 0.2) is 0 Å². The number of benzene rings is 13. The van der Waals surface area contributed by atoms with Crippen LogP contribution in [0.5, 0.6) is 0 Å². The molecule has 6 heteroatoms. The summed E-state index contributed by atoms with van der Waals surface area (Å²) < 4.78 is 4.73. The quantitative estimate of drug-likeness (QED) is 0.129. The van der Waals surface area contributed by atoms with Crippen LogP contribution >= 0.6 is 0 Å². The Balaban J connectivity index is 0.836. The van der Waals surface area contributed by atoms with Gasteiger partial charge in [0.2, 0.25) is 0 Å². The SMILES string of the molecule is c1ccc(N(c2ccc(-c3nc4cccc(-c5cccc6ccccc56)c4nc3-c3ccc(N(c4ccccc4)c4ccc5c(c4)c4ccccc4n5-c4ccccc4)cc3)cc2)c2ccc3c(c2)c2ccccc2n3-c2ccccc2)cc1. The summed E-state index contributed by atoms with van der Waals surface area (Å²) in [6, 6.07) is 113. The highest BCUT2D eigenvalue weighted by atomic mass is 15.1. The minimum absolute atomic E-state index is 0.802. The number of anilines is 6. The Kier molecular flexibility index (Phi) is 11.8. The van der Waals surface area contributed by atoms with E-state index in [-0.39, 0.29) is 0 Å². The summed E-state index contributed by atoms with van der Waals surface area (Å²) in [5.74, 6) is 0. The van der Waals surface area contributed by atoms with E-state index in [1.807, 2.05) is 0 Å². The molecule has 0 saturated carbocycles. The third-order valence-electron chi connectivity index (χ3n) is 16.5. The summed E-state index contributed by atoms with van der Waals surface area (Å²) in [4.78, 5) is 16.0. The lowest BCUT2D eigenvalue weighted by Crippen LogP contribution is -2.10. The number of aromatic nitrogens is 4. The Morgan fingerprint density at radius 2 is 0.631 bits per heavy atom. The van der Waals surface area contributed by atoms with E-state index in [0.29, 0.717) is 0 Å². The van der Waals surface area contributed by atoms with E-state index in [4.69, 9.17) is 9.97 Å². The van der Waals surface area contributed by atoms with Crippen molar-refractivity contribution in [2.24, 2.45) is 0 Å². The standard InChI is InChI=1S/C78H52N6/c1-5-23-56(24-6-1)81(62-47-49-74-69(51-62)66-32-15-17-37-72(66)83(74)58-27-9-3-10-28-58)60-43-39-54(40-44-60)76-77(80-78-68(35-20-36-71(78)79-76)65-34-19-22-53-21-13-14-31-64(53)65)55-41-45-61(46-42-55)82(57-25-7-2-8-26-57)63-48-50-75-70(52-63)67-33-16-18-38-73(67)84(75)59-29-11-4-12-30-59/h1-52H. The van der Waals surface area contributed by atoms with Gasteiger partial charge >= 0.3 is 0 Å². The minimum atomic E-state index is 0.802. The van der Waals surface area contributed by atoms with Gasteiger partial charge in [0.05, 0.1) is 44.5 Å². The second-order valence-electron chi connectivity index (χ2n) is 21.3. The van der Waals surface area contributed by atoms with Crippen LogP contribution in [0.15, 0.2) is 315 Å². The van der Waals surface area contributed by atoms with Crippen LogP contribution in [0.4, 0.5) is 34.1 Å². The highest BCUT2D eigenvalue weighted by Crippen LogP contribution is 2.44. The molecule has 0 radical (unpaired) electrons. The van der Waals surface area contributed by atoms with Crippen LogP contribution in [-0.2, 0) is 0 Å². The van der Waals surface area contributed by atoms with E-state index in [0.717, 1.165) is 101 Å². The van der Waals surface area contributed by atoms with Gasteiger partial charge in [-0.05, 0) is 144 Å². The maximum atomic E-state index is 5.73. The molecule has 0 fully saturated rings. The average molecular weight is 1070 g/mol. The lowest BCUT2D eigenvalue weighted by molar-refractivity contribution is 1.18. The van der Waals surface area contributed by atoms with Crippen molar-refractivity contribution in [2.45, 2.75) is 0 Å². The van der Waals surface area contributed by atoms with Crippen molar-refractivity contribution < 1.29 is 0 Å². The van der Waals surface area contributed by atoms with Crippen LogP contribution in [0.2, 0.25) is 0 Å². The molecule has 0 unspecified atom stereocenters. The third kappa shape index (κ3) is 8.27. The molecule has 0 bridgehead atoms. The maximum Gasteiger partial charge on any atom is 0.0973 e. The number of para-hydroxylation sites is 7. The lowest BCUT2D eigenvalue weighted by atomic mass is 9.96. The Morgan fingerprint density at radius 1 is 0.250 bits per heavy atom. The molecule has 6 nitrogen and oxygen atoms in total. The van der Waals surface area contributed by atoms with Crippen LogP contribution in [0.3, 0.4) is 0 Å². The number of rotatable bonds is 11. The molecule has 3 heterocycles. The lowest BCUT2D eigenvalue weighted by Gasteiger charge is -2.26. The monoisotopic (exact) mass is 1070 g/mol. The molecule has 0 aliphatic heterocycles. The highest BCUT2D eigenvalue weighted by molar-refractivity contribution is 6.12. The molecule has 13 aromatic carbocycles. The van der Waals surface area contributed by atoms with E-state index in [2.05, 4.69) is 334 Å². The summed E-state index contributed by atoms with van der Waals surface area (Å²) in [5, 5.41) is 7.15. The fraction of sp³-hybridized carbons (Fsp3) is 0. The average Bonchev–Trinajstić information content (AvgIpc) is 3.67. The molecular formula is C78H52N6. The second kappa shape index (κ2) is 20.3. The second-order valence-corrected chi connectivity index (χ2v) is 21.3. The van der Waals surface area contributed by atoms with Crippen molar-refractivity contribution in [3.8, 4) is 45.0 Å². The molecule has 0 amide bonds. The van der Waals surface area contributed by atoms with E-state index in [1.54, 1.807) is 0 Å². The van der Waals surface area contributed by atoms with E-state index in [9.17, 15) is 0 Å². The van der Waals surface area contributed by atoms with Crippen molar-refractivity contribution in [1.29, 1.82) is 0 Å². The Morgan fingerprint density at radius 3 is 1.15 bits per heavy atom. The van der Waals surface area contributed by atoms with Gasteiger partial charge in [-0.1, -0.05) is 188 Å².